The molecule has 2 aromatic rings. The van der Waals surface area contributed by atoms with Gasteiger partial charge in [0.2, 0.25) is 10.0 Å². The molecule has 0 saturated carbocycles. The fraction of sp³-hybridized carbons (Fsp3) is 0.353. The maximum Gasteiger partial charge on any atom is 0.272 e. The van der Waals surface area contributed by atoms with Crippen LogP contribution in [-0.2, 0) is 21.3 Å². The van der Waals surface area contributed by atoms with E-state index in [1.165, 1.54) is 10.4 Å². The van der Waals surface area contributed by atoms with Crippen molar-refractivity contribution in [2.45, 2.75) is 18.4 Å². The van der Waals surface area contributed by atoms with Crippen LogP contribution in [0.3, 0.4) is 0 Å². The number of nitrogens with one attached hydrogen (secondary N) is 1. The standard InChI is InChI=1S/C17H19BrFN3O4S/c1-2-21-11-12(18)9-15(21)17(23)20-13-3-4-14(19)16(10-13)27(24,25)22-5-7-26-8-6-22/h3-4,9-11H,2,5-8H2,1H3,(H,20,23). The summed E-state index contributed by atoms with van der Waals surface area (Å²) >= 11 is 3.32. The fourth-order valence-corrected chi connectivity index (χ4v) is 4.79. The lowest BCUT2D eigenvalue weighted by atomic mass is 10.3. The topological polar surface area (TPSA) is 80.6 Å². The molecular formula is C17H19BrFN3O4S. The Morgan fingerprint density at radius 3 is 2.67 bits per heavy atom. The third-order valence-corrected chi connectivity index (χ3v) is 6.56. The van der Waals surface area contributed by atoms with Crippen molar-refractivity contribution in [1.82, 2.24) is 8.87 Å². The third-order valence-electron chi connectivity index (χ3n) is 4.21. The molecule has 3 rings (SSSR count). The summed E-state index contributed by atoms with van der Waals surface area (Å²) in [7, 11) is -4.01. The molecule has 1 aromatic carbocycles. The van der Waals surface area contributed by atoms with Crippen molar-refractivity contribution in [3.63, 3.8) is 0 Å². The second-order valence-corrected chi connectivity index (χ2v) is 8.77. The van der Waals surface area contributed by atoms with E-state index in [0.717, 1.165) is 16.6 Å². The molecule has 1 N–H and O–H groups in total. The van der Waals surface area contributed by atoms with Crippen LogP contribution in [0.1, 0.15) is 17.4 Å². The maximum absolute atomic E-state index is 14.2. The number of benzene rings is 1. The summed E-state index contributed by atoms with van der Waals surface area (Å²) in [4.78, 5) is 12.1. The first kappa shape index (κ1) is 20.0. The first-order valence-electron chi connectivity index (χ1n) is 8.37. The van der Waals surface area contributed by atoms with Crippen LogP contribution in [0, 0.1) is 5.82 Å². The Morgan fingerprint density at radius 1 is 1.30 bits per heavy atom. The Kier molecular flexibility index (Phi) is 5.99. The third kappa shape index (κ3) is 4.23. The molecule has 1 aliphatic heterocycles. The number of morpholine rings is 1. The Hall–Kier alpha value is -1.75. The molecule has 27 heavy (non-hydrogen) atoms. The van der Waals surface area contributed by atoms with Crippen LogP contribution in [0.15, 0.2) is 39.8 Å². The van der Waals surface area contributed by atoms with E-state index in [2.05, 4.69) is 21.2 Å². The van der Waals surface area contributed by atoms with Gasteiger partial charge in [0.15, 0.2) is 0 Å². The van der Waals surface area contributed by atoms with Crippen LogP contribution in [-0.4, -0.2) is 49.5 Å². The van der Waals surface area contributed by atoms with Gasteiger partial charge < -0.3 is 14.6 Å². The van der Waals surface area contributed by atoms with E-state index in [9.17, 15) is 17.6 Å². The van der Waals surface area contributed by atoms with Crippen LogP contribution in [0.4, 0.5) is 10.1 Å². The Labute approximate surface area is 165 Å². The number of halogens is 2. The first-order chi connectivity index (χ1) is 12.8. The van der Waals surface area contributed by atoms with Gasteiger partial charge in [-0.25, -0.2) is 12.8 Å². The molecule has 0 bridgehead atoms. The minimum Gasteiger partial charge on any atom is -0.379 e. The summed E-state index contributed by atoms with van der Waals surface area (Å²) < 4.78 is 48.5. The minimum atomic E-state index is -4.01. The molecule has 0 radical (unpaired) electrons. The van der Waals surface area contributed by atoms with Crippen molar-refractivity contribution in [1.29, 1.82) is 0 Å². The van der Waals surface area contributed by atoms with Crippen molar-refractivity contribution >= 4 is 37.5 Å². The monoisotopic (exact) mass is 459 g/mol. The van der Waals surface area contributed by atoms with Crippen LogP contribution in [0.25, 0.3) is 0 Å². The van der Waals surface area contributed by atoms with Crippen molar-refractivity contribution in [2.75, 3.05) is 31.6 Å². The number of aryl methyl sites for hydroxylation is 1. The van der Waals surface area contributed by atoms with E-state index in [-0.39, 0.29) is 32.0 Å². The molecule has 146 valence electrons. The van der Waals surface area contributed by atoms with E-state index in [1.54, 1.807) is 16.8 Å². The number of nitrogens with zero attached hydrogens (tertiary/aromatic N) is 2. The smallest absolute Gasteiger partial charge is 0.272 e. The second kappa shape index (κ2) is 8.09. The molecule has 1 aliphatic rings. The van der Waals surface area contributed by atoms with Gasteiger partial charge in [0.25, 0.3) is 5.91 Å². The van der Waals surface area contributed by atoms with Crippen molar-refractivity contribution in [3.05, 3.63) is 46.4 Å². The van der Waals surface area contributed by atoms with Crippen molar-refractivity contribution in [2.24, 2.45) is 0 Å². The SMILES string of the molecule is CCn1cc(Br)cc1C(=O)Nc1ccc(F)c(S(=O)(=O)N2CCOCC2)c1. The van der Waals surface area contributed by atoms with E-state index >= 15 is 0 Å². The molecule has 7 nitrogen and oxygen atoms in total. The Balaban J connectivity index is 1.88. The largest absolute Gasteiger partial charge is 0.379 e. The highest BCUT2D eigenvalue weighted by Gasteiger charge is 2.29. The molecule has 0 atom stereocenters. The molecular weight excluding hydrogens is 441 g/mol. The zero-order valence-corrected chi connectivity index (χ0v) is 17.0. The van der Waals surface area contributed by atoms with Gasteiger partial charge >= 0.3 is 0 Å². The fourth-order valence-electron chi connectivity index (χ4n) is 2.83. The zero-order valence-electron chi connectivity index (χ0n) is 14.6. The van der Waals surface area contributed by atoms with E-state index in [1.807, 2.05) is 6.92 Å². The molecule has 1 saturated heterocycles. The van der Waals surface area contributed by atoms with Gasteiger partial charge in [-0.15, -0.1) is 0 Å². The van der Waals surface area contributed by atoms with Crippen LogP contribution in [0.2, 0.25) is 0 Å². The molecule has 0 unspecified atom stereocenters. The summed E-state index contributed by atoms with van der Waals surface area (Å²) in [6, 6.07) is 5.18. The van der Waals surface area contributed by atoms with Gasteiger partial charge in [-0.2, -0.15) is 4.31 Å². The highest BCUT2D eigenvalue weighted by molar-refractivity contribution is 9.10. The number of ether oxygens (including phenoxy) is 1. The second-order valence-electron chi connectivity index (χ2n) is 5.95. The molecule has 1 aromatic heterocycles. The number of aromatic nitrogens is 1. The normalized spacial score (nSPS) is 15.7. The minimum absolute atomic E-state index is 0.163. The molecule has 1 fully saturated rings. The molecule has 0 aliphatic carbocycles. The van der Waals surface area contributed by atoms with E-state index in [4.69, 9.17) is 4.74 Å². The summed E-state index contributed by atoms with van der Waals surface area (Å²) in [6.45, 7) is 3.34. The average Bonchev–Trinajstić information content (AvgIpc) is 3.05. The first-order valence-corrected chi connectivity index (χ1v) is 10.6. The van der Waals surface area contributed by atoms with E-state index in [0.29, 0.717) is 12.2 Å². The highest BCUT2D eigenvalue weighted by Crippen LogP contribution is 2.24. The summed E-state index contributed by atoms with van der Waals surface area (Å²) in [5, 5.41) is 2.63. The quantitative estimate of drug-likeness (QED) is 0.744. The summed E-state index contributed by atoms with van der Waals surface area (Å²) in [5.74, 6) is -1.27. The van der Waals surface area contributed by atoms with Gasteiger partial charge in [-0.3, -0.25) is 4.79 Å². The Morgan fingerprint density at radius 2 is 2.00 bits per heavy atom. The van der Waals surface area contributed by atoms with E-state index < -0.39 is 26.6 Å². The highest BCUT2D eigenvalue weighted by atomic mass is 79.9. The van der Waals surface area contributed by atoms with Gasteiger partial charge in [0, 0.05) is 36.0 Å². The van der Waals surface area contributed by atoms with Gasteiger partial charge in [-0.05, 0) is 47.1 Å². The molecule has 2 heterocycles. The Bertz CT molecular complexity index is 955. The van der Waals surface area contributed by atoms with Gasteiger partial charge in [0.1, 0.15) is 16.4 Å². The van der Waals surface area contributed by atoms with Crippen molar-refractivity contribution < 1.29 is 22.3 Å². The molecule has 10 heteroatoms. The van der Waals surface area contributed by atoms with Crippen molar-refractivity contribution in [3.8, 4) is 0 Å². The lowest BCUT2D eigenvalue weighted by Gasteiger charge is -2.26. The average molecular weight is 460 g/mol. The predicted octanol–water partition coefficient (Wildman–Crippen LogP) is 2.68. The number of sulfonamides is 1. The maximum atomic E-state index is 14.2. The van der Waals surface area contributed by atoms with Crippen LogP contribution < -0.4 is 5.32 Å². The van der Waals surface area contributed by atoms with Crippen LogP contribution in [0.5, 0.6) is 0 Å². The number of anilines is 1. The number of carbonyl (C=O) groups excluding carboxylic acids is 1. The van der Waals surface area contributed by atoms with Gasteiger partial charge in [0.05, 0.1) is 13.2 Å². The number of carbonyl (C=O) groups is 1. The lowest BCUT2D eigenvalue weighted by molar-refractivity contribution is 0.0729. The predicted molar refractivity (Wildman–Crippen MR) is 102 cm³/mol. The van der Waals surface area contributed by atoms with Gasteiger partial charge in [-0.1, -0.05) is 0 Å². The van der Waals surface area contributed by atoms with Crippen LogP contribution >= 0.6 is 15.9 Å². The molecule has 0 spiro atoms. The lowest BCUT2D eigenvalue weighted by Crippen LogP contribution is -2.40. The summed E-state index contributed by atoms with van der Waals surface area (Å²) in [5.41, 5.74) is 0.611. The molecule has 1 amide bonds. The number of hydrogen-bond donors (Lipinski definition) is 1. The number of hydrogen-bond acceptors (Lipinski definition) is 4. The summed E-state index contributed by atoms with van der Waals surface area (Å²) in [6.07, 6.45) is 1.77. The number of rotatable bonds is 5. The zero-order chi connectivity index (χ0) is 19.6. The number of amides is 1.